The SMILES string of the molecule is C=C(Cl)CNc1ccc(S(N)(=O)=O)cc1. The Labute approximate surface area is 93.8 Å². The zero-order valence-electron chi connectivity index (χ0n) is 7.90. The Morgan fingerprint density at radius 1 is 1.40 bits per heavy atom. The van der Waals surface area contributed by atoms with E-state index in [1.54, 1.807) is 12.1 Å². The van der Waals surface area contributed by atoms with Gasteiger partial charge < -0.3 is 5.32 Å². The molecule has 0 amide bonds. The van der Waals surface area contributed by atoms with Gasteiger partial charge in [-0.05, 0) is 24.3 Å². The normalized spacial score (nSPS) is 11.1. The van der Waals surface area contributed by atoms with Crippen LogP contribution in [0.3, 0.4) is 0 Å². The summed E-state index contributed by atoms with van der Waals surface area (Å²) in [4.78, 5) is 0.0813. The summed E-state index contributed by atoms with van der Waals surface area (Å²) in [6.45, 7) is 3.94. The molecular weight excluding hydrogens is 236 g/mol. The van der Waals surface area contributed by atoms with Crippen molar-refractivity contribution < 1.29 is 8.42 Å². The van der Waals surface area contributed by atoms with Crippen LogP contribution < -0.4 is 10.5 Å². The van der Waals surface area contributed by atoms with Crippen LogP contribution in [0.2, 0.25) is 0 Å². The number of sulfonamides is 1. The Morgan fingerprint density at radius 3 is 2.33 bits per heavy atom. The van der Waals surface area contributed by atoms with Crippen molar-refractivity contribution in [2.24, 2.45) is 5.14 Å². The second-order valence-corrected chi connectivity index (χ2v) is 5.04. The van der Waals surface area contributed by atoms with E-state index < -0.39 is 10.0 Å². The highest BCUT2D eigenvalue weighted by Crippen LogP contribution is 2.13. The molecule has 3 N–H and O–H groups in total. The maximum Gasteiger partial charge on any atom is 0.238 e. The third kappa shape index (κ3) is 3.91. The predicted octanol–water partition coefficient (Wildman–Crippen LogP) is 1.50. The van der Waals surface area contributed by atoms with Crippen LogP contribution in [-0.4, -0.2) is 15.0 Å². The minimum Gasteiger partial charge on any atom is -0.380 e. The molecule has 0 aromatic heterocycles. The highest BCUT2D eigenvalue weighted by molar-refractivity contribution is 7.89. The number of nitrogens with two attached hydrogens (primary N) is 1. The van der Waals surface area contributed by atoms with Crippen LogP contribution in [0, 0.1) is 0 Å². The number of hydrogen-bond donors (Lipinski definition) is 2. The van der Waals surface area contributed by atoms with Gasteiger partial charge in [-0.2, -0.15) is 0 Å². The van der Waals surface area contributed by atoms with Gasteiger partial charge in [-0.25, -0.2) is 13.6 Å². The second kappa shape index (κ2) is 4.65. The number of anilines is 1. The predicted molar refractivity (Wildman–Crippen MR) is 61.3 cm³/mol. The maximum atomic E-state index is 10.9. The van der Waals surface area contributed by atoms with E-state index in [9.17, 15) is 8.42 Å². The molecule has 6 heteroatoms. The Bertz CT molecular complexity index is 454. The smallest absolute Gasteiger partial charge is 0.238 e. The molecule has 1 aromatic rings. The monoisotopic (exact) mass is 246 g/mol. The van der Waals surface area contributed by atoms with Gasteiger partial charge in [0.1, 0.15) is 0 Å². The molecule has 0 atom stereocenters. The highest BCUT2D eigenvalue weighted by Gasteiger charge is 2.06. The van der Waals surface area contributed by atoms with E-state index in [1.807, 2.05) is 0 Å². The molecule has 0 bridgehead atoms. The van der Waals surface area contributed by atoms with Gasteiger partial charge in [0.2, 0.25) is 10.0 Å². The zero-order chi connectivity index (χ0) is 11.5. The Hall–Kier alpha value is -1.04. The van der Waals surface area contributed by atoms with Crippen LogP contribution in [0.15, 0.2) is 40.8 Å². The minimum absolute atomic E-state index is 0.0813. The molecule has 0 heterocycles. The van der Waals surface area contributed by atoms with Crippen molar-refractivity contribution in [3.05, 3.63) is 35.9 Å². The van der Waals surface area contributed by atoms with Gasteiger partial charge in [-0.3, -0.25) is 0 Å². The number of rotatable bonds is 4. The lowest BCUT2D eigenvalue weighted by molar-refractivity contribution is 0.598. The van der Waals surface area contributed by atoms with Gasteiger partial charge >= 0.3 is 0 Å². The van der Waals surface area contributed by atoms with Gasteiger partial charge in [0.05, 0.1) is 11.4 Å². The van der Waals surface area contributed by atoms with Gasteiger partial charge in [0.15, 0.2) is 0 Å². The summed E-state index contributed by atoms with van der Waals surface area (Å²) in [5, 5.41) is 8.38. The molecule has 0 unspecified atom stereocenters. The molecule has 82 valence electrons. The average molecular weight is 247 g/mol. The summed E-state index contributed by atoms with van der Waals surface area (Å²) in [6, 6.07) is 6.07. The average Bonchev–Trinajstić information content (AvgIpc) is 2.14. The number of halogens is 1. The molecule has 0 fully saturated rings. The van der Waals surface area contributed by atoms with Crippen molar-refractivity contribution in [2.45, 2.75) is 4.90 Å². The Morgan fingerprint density at radius 2 is 1.93 bits per heavy atom. The summed E-state index contributed by atoms with van der Waals surface area (Å²) in [6.07, 6.45) is 0. The van der Waals surface area contributed by atoms with Gasteiger partial charge in [0.25, 0.3) is 0 Å². The first-order chi connectivity index (χ1) is 6.89. The van der Waals surface area contributed by atoms with E-state index >= 15 is 0 Å². The minimum atomic E-state index is -3.62. The molecule has 0 aliphatic rings. The van der Waals surface area contributed by atoms with Crippen molar-refractivity contribution in [1.82, 2.24) is 0 Å². The summed E-state index contributed by atoms with van der Waals surface area (Å²) in [5.74, 6) is 0. The lowest BCUT2D eigenvalue weighted by Gasteiger charge is -2.05. The van der Waals surface area contributed by atoms with Crippen LogP contribution in [0.5, 0.6) is 0 Å². The first-order valence-electron chi connectivity index (χ1n) is 4.09. The van der Waals surface area contributed by atoms with E-state index in [-0.39, 0.29) is 4.90 Å². The van der Waals surface area contributed by atoms with E-state index in [0.717, 1.165) is 5.69 Å². The summed E-state index contributed by atoms with van der Waals surface area (Å²) in [7, 11) is -3.62. The zero-order valence-corrected chi connectivity index (χ0v) is 9.48. The van der Waals surface area contributed by atoms with E-state index in [4.69, 9.17) is 16.7 Å². The standard InChI is InChI=1S/C9H11ClN2O2S/c1-7(10)6-12-8-2-4-9(5-3-8)15(11,13)14/h2-5,12H,1,6H2,(H2,11,13,14). The number of hydrogen-bond acceptors (Lipinski definition) is 3. The fourth-order valence-corrected chi connectivity index (χ4v) is 1.54. The molecule has 0 radical (unpaired) electrons. The lowest BCUT2D eigenvalue weighted by Crippen LogP contribution is -2.12. The van der Waals surface area contributed by atoms with Crippen LogP contribution in [0.25, 0.3) is 0 Å². The number of benzene rings is 1. The van der Waals surface area contributed by atoms with Gasteiger partial charge in [-0.1, -0.05) is 18.2 Å². The van der Waals surface area contributed by atoms with Crippen molar-refractivity contribution in [3.8, 4) is 0 Å². The molecule has 0 saturated heterocycles. The number of primary sulfonamides is 1. The fourth-order valence-electron chi connectivity index (χ4n) is 0.960. The molecule has 4 nitrogen and oxygen atoms in total. The maximum absolute atomic E-state index is 10.9. The largest absolute Gasteiger partial charge is 0.380 e. The van der Waals surface area contributed by atoms with Crippen LogP contribution in [0.4, 0.5) is 5.69 Å². The molecule has 15 heavy (non-hydrogen) atoms. The molecule has 0 aliphatic heterocycles. The van der Waals surface area contributed by atoms with E-state index in [1.165, 1.54) is 12.1 Å². The Kier molecular flexibility index (Phi) is 3.73. The summed E-state index contributed by atoms with van der Waals surface area (Å²) < 4.78 is 21.9. The molecule has 0 aliphatic carbocycles. The summed E-state index contributed by atoms with van der Waals surface area (Å²) in [5.41, 5.74) is 0.754. The molecule has 0 spiro atoms. The van der Waals surface area contributed by atoms with Crippen molar-refractivity contribution in [1.29, 1.82) is 0 Å². The number of nitrogens with one attached hydrogen (secondary N) is 1. The quantitative estimate of drug-likeness (QED) is 0.846. The lowest BCUT2D eigenvalue weighted by atomic mass is 10.3. The molecular formula is C9H11ClN2O2S. The Balaban J connectivity index is 2.77. The third-order valence-electron chi connectivity index (χ3n) is 1.67. The van der Waals surface area contributed by atoms with E-state index in [2.05, 4.69) is 11.9 Å². The van der Waals surface area contributed by atoms with Gasteiger partial charge in [0, 0.05) is 10.7 Å². The third-order valence-corrected chi connectivity index (χ3v) is 2.73. The fraction of sp³-hybridized carbons (Fsp3) is 0.111. The van der Waals surface area contributed by atoms with Crippen LogP contribution in [0.1, 0.15) is 0 Å². The van der Waals surface area contributed by atoms with E-state index in [0.29, 0.717) is 11.6 Å². The summed E-state index contributed by atoms with van der Waals surface area (Å²) >= 11 is 5.56. The van der Waals surface area contributed by atoms with Crippen LogP contribution in [-0.2, 0) is 10.0 Å². The molecule has 1 rings (SSSR count). The van der Waals surface area contributed by atoms with Crippen LogP contribution >= 0.6 is 11.6 Å². The van der Waals surface area contributed by atoms with Crippen molar-refractivity contribution in [3.63, 3.8) is 0 Å². The molecule has 0 saturated carbocycles. The van der Waals surface area contributed by atoms with Crippen molar-refractivity contribution >= 4 is 27.3 Å². The highest BCUT2D eigenvalue weighted by atomic mass is 35.5. The first-order valence-corrected chi connectivity index (χ1v) is 6.02. The topological polar surface area (TPSA) is 72.2 Å². The first kappa shape index (κ1) is 12.0. The van der Waals surface area contributed by atoms with Crippen molar-refractivity contribution in [2.75, 3.05) is 11.9 Å². The molecule has 1 aromatic carbocycles. The van der Waals surface area contributed by atoms with Gasteiger partial charge in [-0.15, -0.1) is 0 Å². The second-order valence-electron chi connectivity index (χ2n) is 2.94.